The third-order valence-electron chi connectivity index (χ3n) is 4.58. The van der Waals surface area contributed by atoms with Crippen LogP contribution in [0, 0.1) is 0 Å². The summed E-state index contributed by atoms with van der Waals surface area (Å²) in [6.45, 7) is 11.4. The molecule has 1 aromatic heterocycles. The quantitative estimate of drug-likeness (QED) is 0.828. The van der Waals surface area contributed by atoms with Crippen LogP contribution >= 0.6 is 0 Å². The number of rotatable bonds is 4. The van der Waals surface area contributed by atoms with Gasteiger partial charge >= 0.3 is 0 Å². The Morgan fingerprint density at radius 1 is 1.12 bits per heavy atom. The predicted molar refractivity (Wildman–Crippen MR) is 101 cm³/mol. The van der Waals surface area contributed by atoms with Gasteiger partial charge in [0.2, 0.25) is 0 Å². The Balaban J connectivity index is 2.32. The van der Waals surface area contributed by atoms with Gasteiger partial charge in [-0.1, -0.05) is 42.5 Å². The number of benzene rings is 1. The zero-order valence-corrected chi connectivity index (χ0v) is 15.1. The molecule has 1 aliphatic heterocycles. The molecule has 0 saturated carbocycles. The third-order valence-corrected chi connectivity index (χ3v) is 4.58. The topological polar surface area (TPSA) is 34.0 Å². The molecule has 4 nitrogen and oxygen atoms in total. The minimum absolute atomic E-state index is 0.812. The molecule has 126 valence electrons. The molecule has 3 rings (SSSR count). The minimum atomic E-state index is 0.812. The van der Waals surface area contributed by atoms with Gasteiger partial charge in [-0.3, -0.25) is 0 Å². The molecule has 0 radical (unpaired) electrons. The van der Waals surface area contributed by atoms with Crippen molar-refractivity contribution < 1.29 is 0 Å². The van der Waals surface area contributed by atoms with Gasteiger partial charge in [0.05, 0.1) is 5.69 Å². The van der Waals surface area contributed by atoms with Crippen molar-refractivity contribution in [1.29, 1.82) is 0 Å². The van der Waals surface area contributed by atoms with Crippen LogP contribution in [-0.4, -0.2) is 28.1 Å². The number of para-hydroxylation sites is 1. The van der Waals surface area contributed by atoms with E-state index in [0.29, 0.717) is 0 Å². The first kappa shape index (κ1) is 16.5. The normalized spacial score (nSPS) is 17.6. The molecular formula is C20H26N4. The summed E-state index contributed by atoms with van der Waals surface area (Å²) in [5.74, 6) is 0. The second-order valence-electron chi connectivity index (χ2n) is 6.14. The molecule has 4 heteroatoms. The summed E-state index contributed by atoms with van der Waals surface area (Å²) in [7, 11) is 0. The number of nitrogens with zero attached hydrogens (tertiary/aromatic N) is 4. The van der Waals surface area contributed by atoms with E-state index in [1.165, 1.54) is 22.4 Å². The van der Waals surface area contributed by atoms with Crippen molar-refractivity contribution in [3.63, 3.8) is 0 Å². The summed E-state index contributed by atoms with van der Waals surface area (Å²) in [6.07, 6.45) is 5.43. The summed E-state index contributed by atoms with van der Waals surface area (Å²) < 4.78 is 2.01. The van der Waals surface area contributed by atoms with Crippen LogP contribution in [0.1, 0.15) is 39.8 Å². The lowest BCUT2D eigenvalue weighted by Crippen LogP contribution is -2.27. The Labute approximate surface area is 144 Å². The molecule has 0 saturated heterocycles. The van der Waals surface area contributed by atoms with Gasteiger partial charge < -0.3 is 4.90 Å². The number of allylic oxidation sites excluding steroid dienone is 3. The maximum Gasteiger partial charge on any atom is 0.121 e. The molecule has 0 spiro atoms. The molecule has 1 aromatic carbocycles. The molecule has 0 aliphatic carbocycles. The maximum absolute atomic E-state index is 4.55. The monoisotopic (exact) mass is 322 g/mol. The average molecular weight is 322 g/mol. The van der Waals surface area contributed by atoms with Crippen LogP contribution in [0.25, 0.3) is 16.8 Å². The van der Waals surface area contributed by atoms with Crippen LogP contribution in [0.2, 0.25) is 0 Å². The predicted octanol–water partition coefficient (Wildman–Crippen LogP) is 4.54. The summed E-state index contributed by atoms with van der Waals surface area (Å²) in [6, 6.07) is 8.60. The Kier molecular flexibility index (Phi) is 4.84. The van der Waals surface area contributed by atoms with Crippen molar-refractivity contribution >= 4 is 11.3 Å². The molecule has 0 fully saturated rings. The van der Waals surface area contributed by atoms with E-state index in [1.54, 1.807) is 0 Å². The highest BCUT2D eigenvalue weighted by atomic mass is 15.4. The standard InChI is InChI=1S/C20H26N4/c1-5-8-11-16-15(4)14-23(6-2)18-13-10-9-12-17(18)20-19(16)21-22-24(20)7-3/h8-13H,5-7,14H2,1-4H3/b11-8-,16-15-. The van der Waals surface area contributed by atoms with Crippen LogP contribution in [-0.2, 0) is 6.54 Å². The molecule has 2 aromatic rings. The molecule has 1 aliphatic rings. The first-order valence-corrected chi connectivity index (χ1v) is 8.85. The van der Waals surface area contributed by atoms with E-state index in [0.717, 1.165) is 37.4 Å². The van der Waals surface area contributed by atoms with E-state index < -0.39 is 0 Å². The number of anilines is 1. The Bertz CT molecular complexity index is 783. The Hall–Kier alpha value is -2.36. The Morgan fingerprint density at radius 3 is 2.62 bits per heavy atom. The van der Waals surface area contributed by atoms with Crippen molar-refractivity contribution in [2.45, 2.75) is 40.7 Å². The van der Waals surface area contributed by atoms with Crippen molar-refractivity contribution in [2.75, 3.05) is 18.0 Å². The van der Waals surface area contributed by atoms with E-state index in [2.05, 4.69) is 79.3 Å². The van der Waals surface area contributed by atoms with Gasteiger partial charge in [0.25, 0.3) is 0 Å². The molecule has 24 heavy (non-hydrogen) atoms. The lowest BCUT2D eigenvalue weighted by molar-refractivity contribution is 0.632. The highest BCUT2D eigenvalue weighted by Gasteiger charge is 2.25. The zero-order valence-electron chi connectivity index (χ0n) is 15.1. The van der Waals surface area contributed by atoms with Gasteiger partial charge in [0, 0.05) is 36.5 Å². The van der Waals surface area contributed by atoms with E-state index in [1.807, 2.05) is 4.68 Å². The molecule has 0 amide bonds. The molecule has 0 N–H and O–H groups in total. The SMILES string of the molecule is CC/C=C\C1=C(/C)CN(CC)c2ccccc2-c2c1nnn2CC. The van der Waals surface area contributed by atoms with Crippen LogP contribution in [0.5, 0.6) is 0 Å². The molecular weight excluding hydrogens is 296 g/mol. The van der Waals surface area contributed by atoms with E-state index >= 15 is 0 Å². The lowest BCUT2D eigenvalue weighted by Gasteiger charge is -2.29. The number of hydrogen-bond acceptors (Lipinski definition) is 3. The van der Waals surface area contributed by atoms with Crippen molar-refractivity contribution in [3.05, 3.63) is 47.7 Å². The van der Waals surface area contributed by atoms with E-state index in [9.17, 15) is 0 Å². The summed E-state index contributed by atoms with van der Waals surface area (Å²) >= 11 is 0. The third kappa shape index (κ3) is 2.77. The van der Waals surface area contributed by atoms with Gasteiger partial charge in [0.1, 0.15) is 5.69 Å². The van der Waals surface area contributed by atoms with Crippen molar-refractivity contribution in [3.8, 4) is 11.3 Å². The highest BCUT2D eigenvalue weighted by Crippen LogP contribution is 2.38. The number of likely N-dealkylation sites (N-methyl/N-ethyl adjacent to an activating group) is 1. The van der Waals surface area contributed by atoms with E-state index in [-0.39, 0.29) is 0 Å². The van der Waals surface area contributed by atoms with Crippen LogP contribution in [0.3, 0.4) is 0 Å². The van der Waals surface area contributed by atoms with E-state index in [4.69, 9.17) is 0 Å². The number of hydrogen-bond donors (Lipinski definition) is 0. The van der Waals surface area contributed by atoms with Gasteiger partial charge in [-0.15, -0.1) is 5.10 Å². The second-order valence-corrected chi connectivity index (χ2v) is 6.14. The molecule has 0 bridgehead atoms. The lowest BCUT2D eigenvalue weighted by atomic mass is 9.96. The van der Waals surface area contributed by atoms with Gasteiger partial charge in [-0.25, -0.2) is 4.68 Å². The summed E-state index contributed by atoms with van der Waals surface area (Å²) in [4.78, 5) is 2.43. The maximum atomic E-state index is 4.55. The number of fused-ring (bicyclic) bond motifs is 3. The van der Waals surface area contributed by atoms with Gasteiger partial charge in [-0.05, 0) is 38.8 Å². The number of aryl methyl sites for hydroxylation is 1. The van der Waals surface area contributed by atoms with Crippen LogP contribution in [0.15, 0.2) is 42.0 Å². The second kappa shape index (κ2) is 7.04. The fourth-order valence-corrected chi connectivity index (χ4v) is 3.33. The molecule has 0 unspecified atom stereocenters. The smallest absolute Gasteiger partial charge is 0.121 e. The van der Waals surface area contributed by atoms with Gasteiger partial charge in [-0.2, -0.15) is 0 Å². The average Bonchev–Trinajstić information content (AvgIpc) is 3.02. The van der Waals surface area contributed by atoms with Crippen molar-refractivity contribution in [1.82, 2.24) is 15.0 Å². The Morgan fingerprint density at radius 2 is 1.92 bits per heavy atom. The molecule has 2 heterocycles. The first-order valence-electron chi connectivity index (χ1n) is 8.85. The first-order chi connectivity index (χ1) is 11.7. The van der Waals surface area contributed by atoms with Crippen molar-refractivity contribution in [2.24, 2.45) is 0 Å². The van der Waals surface area contributed by atoms with Crippen LogP contribution in [0.4, 0.5) is 5.69 Å². The summed E-state index contributed by atoms with van der Waals surface area (Å²) in [5, 5.41) is 8.97. The minimum Gasteiger partial charge on any atom is -0.367 e. The molecule has 0 atom stereocenters. The highest BCUT2D eigenvalue weighted by molar-refractivity contribution is 5.89. The largest absolute Gasteiger partial charge is 0.367 e. The van der Waals surface area contributed by atoms with Crippen LogP contribution < -0.4 is 4.90 Å². The zero-order chi connectivity index (χ0) is 17.1. The fraction of sp³-hybridized carbons (Fsp3) is 0.400. The number of aromatic nitrogens is 3. The fourth-order valence-electron chi connectivity index (χ4n) is 3.33. The van der Waals surface area contributed by atoms with Gasteiger partial charge in [0.15, 0.2) is 0 Å². The summed E-state index contributed by atoms with van der Waals surface area (Å²) in [5.41, 5.74) is 7.15.